The van der Waals surface area contributed by atoms with Crippen molar-refractivity contribution in [1.29, 1.82) is 0 Å². The van der Waals surface area contributed by atoms with Gasteiger partial charge in [-0.2, -0.15) is 0 Å². The number of para-hydroxylation sites is 1. The topological polar surface area (TPSA) is 91.3 Å². The number of fused-ring (bicyclic) bond motifs is 7. The first-order valence-electron chi connectivity index (χ1n) is 10.4. The molecule has 0 saturated carbocycles. The molecule has 1 spiro atoms. The normalized spacial score (nSPS) is 21.9. The Balaban J connectivity index is 1.46. The van der Waals surface area contributed by atoms with Crippen molar-refractivity contribution in [2.75, 3.05) is 18.2 Å². The van der Waals surface area contributed by atoms with Crippen LogP contribution in [0, 0.1) is 0 Å². The molecule has 2 N–H and O–H groups in total. The molecule has 1 atom stereocenters. The molecule has 5 heterocycles. The number of amidine groups is 1. The second-order valence-electron chi connectivity index (χ2n) is 8.17. The molecule has 9 nitrogen and oxygen atoms in total. The fraction of sp³-hybridized carbons (Fsp3) is 0.174. The van der Waals surface area contributed by atoms with E-state index in [9.17, 15) is 4.79 Å². The van der Waals surface area contributed by atoms with E-state index >= 15 is 0 Å². The van der Waals surface area contributed by atoms with Gasteiger partial charge in [0.15, 0.2) is 17.3 Å². The maximum atomic E-state index is 14.3. The fourth-order valence-electron chi connectivity index (χ4n) is 5.14. The molecule has 7 rings (SSSR count). The molecular formula is C23H18N6O3. The van der Waals surface area contributed by atoms with E-state index in [1.54, 1.807) is 12.4 Å². The molecule has 32 heavy (non-hydrogen) atoms. The van der Waals surface area contributed by atoms with Crippen LogP contribution in [-0.2, 0) is 16.8 Å². The Hall–Kier alpha value is -4.11. The summed E-state index contributed by atoms with van der Waals surface area (Å²) < 4.78 is 11.3. The molecule has 9 heteroatoms. The number of ether oxygens (including phenoxy) is 2. The number of carbonyl (C=O) groups excluding carboxylic acids is 1. The van der Waals surface area contributed by atoms with Crippen LogP contribution in [0.1, 0.15) is 22.3 Å². The average Bonchev–Trinajstić information content (AvgIpc) is 3.54. The number of hydrazine groups is 2. The number of pyridine rings is 1. The highest BCUT2D eigenvalue weighted by Gasteiger charge is 2.57. The van der Waals surface area contributed by atoms with Crippen LogP contribution < -0.4 is 25.4 Å². The first-order valence-corrected chi connectivity index (χ1v) is 10.4. The lowest BCUT2D eigenvalue weighted by Crippen LogP contribution is -2.57. The maximum Gasteiger partial charge on any atom is 0.244 e. The van der Waals surface area contributed by atoms with Gasteiger partial charge in [0.2, 0.25) is 12.7 Å². The Bertz CT molecular complexity index is 1310. The van der Waals surface area contributed by atoms with Crippen molar-refractivity contribution in [2.45, 2.75) is 12.0 Å². The van der Waals surface area contributed by atoms with E-state index < -0.39 is 5.41 Å². The summed E-state index contributed by atoms with van der Waals surface area (Å²) in [6.45, 7) is 0.998. The van der Waals surface area contributed by atoms with Crippen LogP contribution in [0.25, 0.3) is 0 Å². The van der Waals surface area contributed by atoms with Gasteiger partial charge in [-0.15, -0.1) is 10.6 Å². The van der Waals surface area contributed by atoms with E-state index in [1.165, 1.54) is 0 Å². The van der Waals surface area contributed by atoms with Gasteiger partial charge in [0.05, 0.1) is 13.1 Å². The van der Waals surface area contributed by atoms with Gasteiger partial charge in [-0.25, -0.2) is 5.53 Å². The molecule has 0 fully saturated rings. The molecule has 0 radical (unpaired) electrons. The molecule has 4 aliphatic rings. The summed E-state index contributed by atoms with van der Waals surface area (Å²) in [6.07, 6.45) is 3.53. The van der Waals surface area contributed by atoms with E-state index in [2.05, 4.69) is 21.2 Å². The summed E-state index contributed by atoms with van der Waals surface area (Å²) in [7, 11) is 0. The largest absolute Gasteiger partial charge is 0.454 e. The number of rotatable bonds is 2. The number of anilines is 1. The predicted molar refractivity (Wildman–Crippen MR) is 115 cm³/mol. The van der Waals surface area contributed by atoms with Gasteiger partial charge in [0, 0.05) is 23.6 Å². The summed E-state index contributed by atoms with van der Waals surface area (Å²) >= 11 is 0. The third-order valence-corrected chi connectivity index (χ3v) is 6.54. The average molecular weight is 426 g/mol. The van der Waals surface area contributed by atoms with Crippen molar-refractivity contribution in [2.24, 2.45) is 5.10 Å². The molecule has 3 aromatic rings. The van der Waals surface area contributed by atoms with E-state index in [1.807, 2.05) is 58.4 Å². The van der Waals surface area contributed by atoms with E-state index in [0.29, 0.717) is 24.6 Å². The van der Waals surface area contributed by atoms with Crippen molar-refractivity contribution in [1.82, 2.24) is 21.1 Å². The van der Waals surface area contributed by atoms with Crippen LogP contribution in [0.4, 0.5) is 5.69 Å². The molecule has 4 aliphatic heterocycles. The van der Waals surface area contributed by atoms with Crippen molar-refractivity contribution in [3.05, 3.63) is 83.2 Å². The van der Waals surface area contributed by atoms with Crippen LogP contribution in [-0.4, -0.2) is 35.1 Å². The van der Waals surface area contributed by atoms with Gasteiger partial charge in [0.1, 0.15) is 5.41 Å². The maximum absolute atomic E-state index is 14.3. The lowest BCUT2D eigenvalue weighted by atomic mass is 9.71. The van der Waals surface area contributed by atoms with Gasteiger partial charge >= 0.3 is 0 Å². The minimum Gasteiger partial charge on any atom is -0.454 e. The molecule has 2 aromatic carbocycles. The smallest absolute Gasteiger partial charge is 0.244 e. The minimum absolute atomic E-state index is 0.00965. The third-order valence-electron chi connectivity index (χ3n) is 6.54. The number of hydrogen-bond acceptors (Lipinski definition) is 8. The van der Waals surface area contributed by atoms with E-state index in [4.69, 9.17) is 9.47 Å². The monoisotopic (exact) mass is 426 g/mol. The number of hydrazone groups is 1. The summed E-state index contributed by atoms with van der Waals surface area (Å²) in [5.41, 5.74) is 9.50. The van der Waals surface area contributed by atoms with Crippen LogP contribution in [0.5, 0.6) is 11.5 Å². The molecule has 0 bridgehead atoms. The van der Waals surface area contributed by atoms with Crippen LogP contribution >= 0.6 is 0 Å². The van der Waals surface area contributed by atoms with Crippen molar-refractivity contribution >= 4 is 17.4 Å². The number of nitrogens with one attached hydrogen (secondary N) is 2. The quantitative estimate of drug-likeness (QED) is 0.644. The van der Waals surface area contributed by atoms with Crippen LogP contribution in [0.2, 0.25) is 0 Å². The van der Waals surface area contributed by atoms with Gasteiger partial charge in [0.25, 0.3) is 0 Å². The lowest BCUT2D eigenvalue weighted by molar-refractivity contribution is -0.122. The SMILES string of the molecule is O=C1N(Cc2cccnc2)c2ccccc2C12CN1NNN=C1c1cc3c(cc12)OCO3. The van der Waals surface area contributed by atoms with Gasteiger partial charge in [-0.05, 0) is 41.0 Å². The first-order chi connectivity index (χ1) is 15.8. The first kappa shape index (κ1) is 17.6. The number of nitrogens with zero attached hydrogens (tertiary/aromatic N) is 4. The lowest BCUT2D eigenvalue weighted by Gasteiger charge is -2.39. The van der Waals surface area contributed by atoms with Crippen molar-refractivity contribution in [3.63, 3.8) is 0 Å². The van der Waals surface area contributed by atoms with E-state index in [-0.39, 0.29) is 12.7 Å². The van der Waals surface area contributed by atoms with Crippen molar-refractivity contribution < 1.29 is 14.3 Å². The Labute approximate surface area is 183 Å². The minimum atomic E-state index is -0.923. The molecule has 1 unspecified atom stereocenters. The van der Waals surface area contributed by atoms with Gasteiger partial charge in [-0.3, -0.25) is 14.8 Å². The molecule has 0 saturated heterocycles. The third kappa shape index (κ3) is 2.17. The zero-order valence-corrected chi connectivity index (χ0v) is 16.9. The Morgan fingerprint density at radius 3 is 2.81 bits per heavy atom. The zero-order chi connectivity index (χ0) is 21.3. The van der Waals surface area contributed by atoms with E-state index in [0.717, 1.165) is 33.8 Å². The number of aromatic nitrogens is 1. The highest BCUT2D eigenvalue weighted by molar-refractivity contribution is 6.15. The highest BCUT2D eigenvalue weighted by atomic mass is 16.7. The molecule has 0 aliphatic carbocycles. The summed E-state index contributed by atoms with van der Waals surface area (Å²) in [5.74, 6) is 2.03. The molecule has 1 aromatic heterocycles. The zero-order valence-electron chi connectivity index (χ0n) is 16.9. The standard InChI is InChI=1S/C23H18N6O3/c30-22-23(16-5-1-2-6-18(16)28(22)11-14-4-3-7-24-10-14)12-29-21(25-26-27-29)15-8-19-20(9-17(15)23)32-13-31-19/h1-10,26-27H,11-13H2. The summed E-state index contributed by atoms with van der Waals surface area (Å²) in [5, 5.41) is 6.28. The highest BCUT2D eigenvalue weighted by Crippen LogP contribution is 2.52. The molecule has 1 amide bonds. The van der Waals surface area contributed by atoms with Crippen LogP contribution in [0.3, 0.4) is 0 Å². The Morgan fingerprint density at radius 2 is 1.94 bits per heavy atom. The summed E-state index contributed by atoms with van der Waals surface area (Å²) in [4.78, 5) is 20.4. The van der Waals surface area contributed by atoms with Gasteiger partial charge < -0.3 is 14.4 Å². The van der Waals surface area contributed by atoms with Crippen molar-refractivity contribution in [3.8, 4) is 11.5 Å². The molecular weight excluding hydrogens is 408 g/mol. The number of amides is 1. The second kappa shape index (κ2) is 6.21. The number of carbonyl (C=O) groups is 1. The Morgan fingerprint density at radius 1 is 1.06 bits per heavy atom. The second-order valence-corrected chi connectivity index (χ2v) is 8.17. The number of benzene rings is 2. The number of hydrogen-bond donors (Lipinski definition) is 2. The van der Waals surface area contributed by atoms with Gasteiger partial charge in [-0.1, -0.05) is 24.3 Å². The van der Waals surface area contributed by atoms with Crippen LogP contribution in [0.15, 0.2) is 66.0 Å². The summed E-state index contributed by atoms with van der Waals surface area (Å²) in [6, 6.07) is 15.7. The predicted octanol–water partition coefficient (Wildman–Crippen LogP) is 1.64. The Kier molecular flexibility index (Phi) is 3.41. The fourth-order valence-corrected chi connectivity index (χ4v) is 5.14. The molecule has 158 valence electrons.